The van der Waals surface area contributed by atoms with Crippen molar-refractivity contribution in [2.24, 2.45) is 0 Å². The molecule has 1 heterocycles. The average molecular weight is 548 g/mol. The molecule has 9 heteroatoms. The monoisotopic (exact) mass is 547 g/mol. The highest BCUT2D eigenvalue weighted by molar-refractivity contribution is 5.81. The molecule has 40 heavy (non-hydrogen) atoms. The number of rotatable bonds is 10. The first kappa shape index (κ1) is 31.9. The van der Waals surface area contributed by atoms with Gasteiger partial charge in [-0.1, -0.05) is 25.1 Å². The number of hydrogen-bond acceptors (Lipinski definition) is 8. The van der Waals surface area contributed by atoms with E-state index in [9.17, 15) is 9.59 Å². The number of carbonyl (C=O) groups is 2. The third-order valence-corrected chi connectivity index (χ3v) is 5.15. The van der Waals surface area contributed by atoms with Crippen LogP contribution in [0.1, 0.15) is 65.5 Å². The number of ether oxygens (including phenoxy) is 2. The Labute approximate surface area is 237 Å². The third-order valence-electron chi connectivity index (χ3n) is 5.15. The molecular weight excluding hydrogens is 506 g/mol. The van der Waals surface area contributed by atoms with Gasteiger partial charge in [-0.05, 0) is 89.4 Å². The predicted octanol–water partition coefficient (Wildman–Crippen LogP) is 6.22. The Hall–Kier alpha value is -4.27. The molecule has 0 radical (unpaired) electrons. The van der Waals surface area contributed by atoms with Gasteiger partial charge in [-0.25, -0.2) is 9.97 Å². The predicted molar refractivity (Wildman–Crippen MR) is 159 cm³/mol. The Balaban J connectivity index is 0.000000478. The molecule has 0 aliphatic heterocycles. The van der Waals surface area contributed by atoms with Gasteiger partial charge in [0.1, 0.15) is 17.2 Å². The number of esters is 1. The van der Waals surface area contributed by atoms with E-state index in [2.05, 4.69) is 20.6 Å². The standard InChI is InChI=1S/C23H25N5O2.C8H16O2/c1-15(2)26-22(29)14-30-20-6-4-5-17(12-20)23-25-10-9-21(28-23)27-19-8-7-16(3)18(11-19)13-24;1-5-6-7(9)10-8(2,3)4/h4-13,15,24H,14H2,1-3H3,(H,26,29)(H,25,27,28);5-6H2,1-4H3. The minimum atomic E-state index is -0.327. The number of nitrogens with zero attached hydrogens (tertiary/aromatic N) is 2. The highest BCUT2D eigenvalue weighted by Gasteiger charge is 2.14. The number of nitrogens with one attached hydrogen (secondary N) is 3. The zero-order valence-corrected chi connectivity index (χ0v) is 24.5. The fourth-order valence-electron chi connectivity index (χ4n) is 3.42. The molecule has 9 nitrogen and oxygen atoms in total. The van der Waals surface area contributed by atoms with Crippen molar-refractivity contribution in [1.29, 1.82) is 5.41 Å². The Morgan fingerprint density at radius 1 is 1.10 bits per heavy atom. The summed E-state index contributed by atoms with van der Waals surface area (Å²) in [6.07, 6.45) is 4.39. The van der Waals surface area contributed by atoms with Crippen molar-refractivity contribution in [1.82, 2.24) is 15.3 Å². The summed E-state index contributed by atoms with van der Waals surface area (Å²) in [7, 11) is 0. The Morgan fingerprint density at radius 2 is 1.85 bits per heavy atom. The maximum Gasteiger partial charge on any atom is 0.306 e. The number of anilines is 2. The largest absolute Gasteiger partial charge is 0.484 e. The lowest BCUT2D eigenvalue weighted by Crippen LogP contribution is -2.34. The van der Waals surface area contributed by atoms with Crippen LogP contribution in [0.5, 0.6) is 5.75 Å². The van der Waals surface area contributed by atoms with Crippen LogP contribution in [-0.2, 0) is 14.3 Å². The molecule has 0 unspecified atom stereocenters. The number of carbonyl (C=O) groups excluding carboxylic acids is 2. The van der Waals surface area contributed by atoms with E-state index in [-0.39, 0.29) is 30.1 Å². The normalized spacial score (nSPS) is 10.7. The van der Waals surface area contributed by atoms with E-state index >= 15 is 0 Å². The molecule has 0 bridgehead atoms. The van der Waals surface area contributed by atoms with Crippen molar-refractivity contribution in [3.8, 4) is 17.1 Å². The van der Waals surface area contributed by atoms with Gasteiger partial charge >= 0.3 is 5.97 Å². The first-order valence-electron chi connectivity index (χ1n) is 13.4. The summed E-state index contributed by atoms with van der Waals surface area (Å²) in [6, 6.07) is 15.0. The molecule has 0 aliphatic carbocycles. The molecule has 0 fully saturated rings. The lowest BCUT2D eigenvalue weighted by Gasteiger charge is -2.18. The molecule has 1 aromatic heterocycles. The lowest BCUT2D eigenvalue weighted by atomic mass is 10.1. The molecule has 3 N–H and O–H groups in total. The molecule has 0 atom stereocenters. The quantitative estimate of drug-likeness (QED) is 0.203. The summed E-state index contributed by atoms with van der Waals surface area (Å²) in [5, 5.41) is 13.5. The topological polar surface area (TPSA) is 126 Å². The van der Waals surface area contributed by atoms with Crippen LogP contribution < -0.4 is 15.4 Å². The second-order valence-corrected chi connectivity index (χ2v) is 10.5. The van der Waals surface area contributed by atoms with Crippen LogP contribution in [0.25, 0.3) is 11.4 Å². The van der Waals surface area contributed by atoms with Crippen LogP contribution in [0.4, 0.5) is 11.5 Å². The van der Waals surface area contributed by atoms with E-state index < -0.39 is 0 Å². The number of aromatic nitrogens is 2. The molecule has 3 rings (SSSR count). The van der Waals surface area contributed by atoms with Crippen molar-refractivity contribution in [2.75, 3.05) is 11.9 Å². The maximum atomic E-state index is 11.8. The van der Waals surface area contributed by atoms with Gasteiger partial charge in [-0.15, -0.1) is 0 Å². The van der Waals surface area contributed by atoms with E-state index in [0.29, 0.717) is 23.8 Å². The van der Waals surface area contributed by atoms with Crippen molar-refractivity contribution >= 4 is 29.6 Å². The third kappa shape index (κ3) is 11.6. The molecule has 0 spiro atoms. The fourth-order valence-corrected chi connectivity index (χ4v) is 3.42. The summed E-state index contributed by atoms with van der Waals surface area (Å²) >= 11 is 0. The Bertz CT molecular complexity index is 1280. The average Bonchev–Trinajstić information content (AvgIpc) is 2.88. The second kappa shape index (κ2) is 15.4. The molecule has 0 aliphatic rings. The number of benzene rings is 2. The molecular formula is C31H41N5O4. The SMILES string of the molecule is CCCC(=O)OC(C)(C)C.Cc1ccc(Nc2ccnc(-c3cccc(OCC(=O)NC(C)C)c3)n2)cc1C=N. The fraction of sp³-hybridized carbons (Fsp3) is 0.387. The van der Waals surface area contributed by atoms with Gasteiger partial charge < -0.3 is 25.5 Å². The summed E-state index contributed by atoms with van der Waals surface area (Å²) in [4.78, 5) is 31.6. The smallest absolute Gasteiger partial charge is 0.306 e. The molecule has 2 aromatic carbocycles. The summed E-state index contributed by atoms with van der Waals surface area (Å²) in [5.41, 5.74) is 3.19. The Kier molecular flexibility index (Phi) is 12.3. The first-order valence-corrected chi connectivity index (χ1v) is 13.4. The second-order valence-electron chi connectivity index (χ2n) is 10.5. The maximum absolute atomic E-state index is 11.8. The molecule has 3 aromatic rings. The van der Waals surface area contributed by atoms with Crippen molar-refractivity contribution in [3.63, 3.8) is 0 Å². The van der Waals surface area contributed by atoms with Crippen LogP contribution >= 0.6 is 0 Å². The molecule has 1 amide bonds. The highest BCUT2D eigenvalue weighted by atomic mass is 16.6. The van der Waals surface area contributed by atoms with Gasteiger partial charge in [-0.3, -0.25) is 9.59 Å². The minimum absolute atomic E-state index is 0.0487. The number of amides is 1. The van der Waals surface area contributed by atoms with Crippen molar-refractivity contribution < 1.29 is 19.1 Å². The lowest BCUT2D eigenvalue weighted by molar-refractivity contribution is -0.154. The van der Waals surface area contributed by atoms with Gasteiger partial charge in [0.05, 0.1) is 0 Å². The van der Waals surface area contributed by atoms with Crippen molar-refractivity contribution in [2.45, 2.75) is 73.0 Å². The molecule has 0 saturated carbocycles. The zero-order valence-electron chi connectivity index (χ0n) is 24.5. The van der Waals surface area contributed by atoms with Crippen LogP contribution in [0.2, 0.25) is 0 Å². The summed E-state index contributed by atoms with van der Waals surface area (Å²) < 4.78 is 10.6. The molecule has 214 valence electrons. The summed E-state index contributed by atoms with van der Waals surface area (Å²) in [6.45, 7) is 13.3. The van der Waals surface area contributed by atoms with E-state index in [0.717, 1.165) is 28.8 Å². The van der Waals surface area contributed by atoms with E-state index in [1.165, 1.54) is 6.21 Å². The van der Waals surface area contributed by atoms with Gasteiger partial charge in [0.2, 0.25) is 0 Å². The highest BCUT2D eigenvalue weighted by Crippen LogP contribution is 2.23. The van der Waals surface area contributed by atoms with E-state index in [4.69, 9.17) is 14.9 Å². The number of hydrogen-bond donors (Lipinski definition) is 3. The zero-order chi connectivity index (χ0) is 29.7. The van der Waals surface area contributed by atoms with Gasteiger partial charge in [0.25, 0.3) is 5.91 Å². The van der Waals surface area contributed by atoms with E-state index in [1.54, 1.807) is 24.4 Å². The number of aryl methyl sites for hydroxylation is 1. The van der Waals surface area contributed by atoms with Crippen LogP contribution in [0.15, 0.2) is 54.7 Å². The van der Waals surface area contributed by atoms with Gasteiger partial charge in [0.15, 0.2) is 12.4 Å². The Morgan fingerprint density at radius 3 is 2.50 bits per heavy atom. The van der Waals surface area contributed by atoms with Crippen LogP contribution in [0.3, 0.4) is 0 Å². The van der Waals surface area contributed by atoms with Crippen LogP contribution in [-0.4, -0.2) is 46.3 Å². The van der Waals surface area contributed by atoms with Gasteiger partial charge in [0, 0.05) is 36.1 Å². The van der Waals surface area contributed by atoms with Crippen molar-refractivity contribution in [3.05, 3.63) is 65.9 Å². The van der Waals surface area contributed by atoms with Gasteiger partial charge in [-0.2, -0.15) is 0 Å². The van der Waals surface area contributed by atoms with E-state index in [1.807, 2.05) is 78.8 Å². The first-order chi connectivity index (χ1) is 18.9. The van der Waals surface area contributed by atoms with Crippen LogP contribution in [0, 0.1) is 12.3 Å². The summed E-state index contributed by atoms with van der Waals surface area (Å²) in [5.74, 6) is 1.48. The molecule has 0 saturated heterocycles. The minimum Gasteiger partial charge on any atom is -0.484 e.